The Labute approximate surface area is 171 Å². The lowest BCUT2D eigenvalue weighted by molar-refractivity contribution is 0.0504. The first-order chi connectivity index (χ1) is 14.2. The standard InChI is InChI=1S/C23H27N3O3/c1-16-11-20(16)21-13-23(26(25-21)18-7-5-4-6-8-18)24-14-17-12-19(28-3)9-10-22(17)29-15-27-2/h4-10,12-13,16,20,24H,11,14-15H2,1-3H3/t16-,20-/m0/s1. The zero-order valence-electron chi connectivity index (χ0n) is 17.1. The summed E-state index contributed by atoms with van der Waals surface area (Å²) < 4.78 is 18.1. The third kappa shape index (κ3) is 4.38. The molecule has 1 aliphatic rings. The molecule has 1 aromatic heterocycles. The Morgan fingerprint density at radius 1 is 1.10 bits per heavy atom. The molecule has 1 fully saturated rings. The van der Waals surface area contributed by atoms with Crippen LogP contribution in [-0.2, 0) is 11.3 Å². The molecule has 1 N–H and O–H groups in total. The van der Waals surface area contributed by atoms with Crippen molar-refractivity contribution in [2.24, 2.45) is 5.92 Å². The number of benzene rings is 2. The number of rotatable bonds is 9. The molecular weight excluding hydrogens is 366 g/mol. The van der Waals surface area contributed by atoms with Gasteiger partial charge in [-0.3, -0.25) is 0 Å². The number of para-hydroxylation sites is 1. The molecule has 2 atom stereocenters. The molecule has 1 saturated carbocycles. The Morgan fingerprint density at radius 3 is 2.59 bits per heavy atom. The second kappa shape index (κ2) is 8.57. The summed E-state index contributed by atoms with van der Waals surface area (Å²) in [5.41, 5.74) is 3.17. The lowest BCUT2D eigenvalue weighted by Crippen LogP contribution is -2.09. The zero-order chi connectivity index (χ0) is 20.2. The average molecular weight is 393 g/mol. The van der Waals surface area contributed by atoms with Crippen molar-refractivity contribution in [2.45, 2.75) is 25.8 Å². The van der Waals surface area contributed by atoms with Crippen LogP contribution in [0.15, 0.2) is 54.6 Å². The fourth-order valence-electron chi connectivity index (χ4n) is 3.48. The van der Waals surface area contributed by atoms with Gasteiger partial charge >= 0.3 is 0 Å². The van der Waals surface area contributed by atoms with Crippen molar-refractivity contribution in [3.8, 4) is 17.2 Å². The van der Waals surface area contributed by atoms with Crippen LogP contribution in [0.1, 0.15) is 30.5 Å². The first-order valence-corrected chi connectivity index (χ1v) is 9.87. The van der Waals surface area contributed by atoms with Crippen molar-refractivity contribution in [3.63, 3.8) is 0 Å². The smallest absolute Gasteiger partial charge is 0.188 e. The molecule has 4 rings (SSSR count). The first kappa shape index (κ1) is 19.3. The molecule has 0 radical (unpaired) electrons. The number of ether oxygens (including phenoxy) is 3. The van der Waals surface area contributed by atoms with Crippen molar-refractivity contribution < 1.29 is 14.2 Å². The summed E-state index contributed by atoms with van der Waals surface area (Å²) in [5.74, 6) is 3.77. The zero-order valence-corrected chi connectivity index (χ0v) is 17.1. The van der Waals surface area contributed by atoms with Crippen LogP contribution in [0.2, 0.25) is 0 Å². The summed E-state index contributed by atoms with van der Waals surface area (Å²) >= 11 is 0. The molecule has 0 aliphatic heterocycles. The van der Waals surface area contributed by atoms with E-state index in [1.165, 1.54) is 6.42 Å². The Balaban J connectivity index is 1.60. The quantitative estimate of drug-likeness (QED) is 0.539. The Hall–Kier alpha value is -2.99. The third-order valence-electron chi connectivity index (χ3n) is 5.28. The van der Waals surface area contributed by atoms with Crippen molar-refractivity contribution >= 4 is 5.82 Å². The Morgan fingerprint density at radius 2 is 1.90 bits per heavy atom. The predicted octanol–water partition coefficient (Wildman–Crippen LogP) is 4.60. The number of aromatic nitrogens is 2. The van der Waals surface area contributed by atoms with Gasteiger partial charge in [-0.15, -0.1) is 0 Å². The minimum absolute atomic E-state index is 0.199. The van der Waals surface area contributed by atoms with Gasteiger partial charge < -0.3 is 19.5 Å². The van der Waals surface area contributed by atoms with Crippen molar-refractivity contribution in [1.29, 1.82) is 0 Å². The molecule has 1 heterocycles. The summed E-state index contributed by atoms with van der Waals surface area (Å²) in [6, 6.07) is 18.1. The highest BCUT2D eigenvalue weighted by atomic mass is 16.7. The maximum Gasteiger partial charge on any atom is 0.188 e. The lowest BCUT2D eigenvalue weighted by atomic mass is 10.2. The molecule has 0 amide bonds. The van der Waals surface area contributed by atoms with Crippen LogP contribution >= 0.6 is 0 Å². The molecular formula is C23H27N3O3. The lowest BCUT2D eigenvalue weighted by Gasteiger charge is -2.14. The second-order valence-electron chi connectivity index (χ2n) is 7.40. The van der Waals surface area contributed by atoms with Crippen LogP contribution in [0.4, 0.5) is 5.82 Å². The van der Waals surface area contributed by atoms with E-state index in [0.717, 1.165) is 34.3 Å². The normalized spacial score (nSPS) is 17.8. The van der Waals surface area contributed by atoms with Gasteiger partial charge in [0.05, 0.1) is 18.5 Å². The molecule has 2 aromatic carbocycles. The van der Waals surface area contributed by atoms with Gasteiger partial charge in [0.1, 0.15) is 17.3 Å². The maximum absolute atomic E-state index is 5.72. The fourth-order valence-corrected chi connectivity index (χ4v) is 3.48. The van der Waals surface area contributed by atoms with E-state index in [1.54, 1.807) is 14.2 Å². The van der Waals surface area contributed by atoms with E-state index in [2.05, 4.69) is 30.4 Å². The SMILES string of the molecule is COCOc1ccc(OC)cc1CNc1cc([C@H]2C[C@@H]2C)nn1-c1ccccc1. The Bertz CT molecular complexity index is 955. The minimum atomic E-state index is 0.199. The van der Waals surface area contributed by atoms with Gasteiger partial charge in [0.15, 0.2) is 6.79 Å². The molecule has 3 aromatic rings. The number of hydrogen-bond donors (Lipinski definition) is 1. The van der Waals surface area contributed by atoms with E-state index in [0.29, 0.717) is 18.4 Å². The van der Waals surface area contributed by atoms with Crippen LogP contribution in [0.25, 0.3) is 5.69 Å². The van der Waals surface area contributed by atoms with Crippen LogP contribution in [0.3, 0.4) is 0 Å². The van der Waals surface area contributed by atoms with E-state index in [9.17, 15) is 0 Å². The average Bonchev–Trinajstić information content (AvgIpc) is 3.34. The van der Waals surface area contributed by atoms with E-state index in [1.807, 2.05) is 41.1 Å². The van der Waals surface area contributed by atoms with E-state index in [-0.39, 0.29) is 6.79 Å². The molecule has 0 unspecified atom stereocenters. The van der Waals surface area contributed by atoms with Gasteiger partial charge in [0.2, 0.25) is 0 Å². The van der Waals surface area contributed by atoms with E-state index in [4.69, 9.17) is 19.3 Å². The van der Waals surface area contributed by atoms with Gasteiger partial charge in [-0.2, -0.15) is 5.10 Å². The van der Waals surface area contributed by atoms with Crippen molar-refractivity contribution in [2.75, 3.05) is 26.3 Å². The second-order valence-corrected chi connectivity index (χ2v) is 7.40. The molecule has 1 aliphatic carbocycles. The molecule has 6 nitrogen and oxygen atoms in total. The number of hydrogen-bond acceptors (Lipinski definition) is 5. The number of methoxy groups -OCH3 is 2. The van der Waals surface area contributed by atoms with Crippen LogP contribution in [-0.4, -0.2) is 30.8 Å². The summed E-state index contributed by atoms with van der Waals surface area (Å²) in [4.78, 5) is 0. The monoisotopic (exact) mass is 393 g/mol. The highest BCUT2D eigenvalue weighted by Crippen LogP contribution is 2.47. The highest BCUT2D eigenvalue weighted by Gasteiger charge is 2.36. The summed E-state index contributed by atoms with van der Waals surface area (Å²) in [6.07, 6.45) is 1.20. The first-order valence-electron chi connectivity index (χ1n) is 9.87. The minimum Gasteiger partial charge on any atom is -0.497 e. The van der Waals surface area contributed by atoms with Crippen molar-refractivity contribution in [3.05, 3.63) is 65.9 Å². The molecule has 0 bridgehead atoms. The van der Waals surface area contributed by atoms with Gasteiger partial charge in [0, 0.05) is 31.2 Å². The molecule has 0 saturated heterocycles. The molecule has 152 valence electrons. The van der Waals surface area contributed by atoms with Crippen LogP contribution in [0.5, 0.6) is 11.5 Å². The van der Waals surface area contributed by atoms with Gasteiger partial charge in [-0.05, 0) is 42.7 Å². The van der Waals surface area contributed by atoms with Crippen LogP contribution in [0, 0.1) is 5.92 Å². The van der Waals surface area contributed by atoms with Crippen molar-refractivity contribution in [1.82, 2.24) is 9.78 Å². The van der Waals surface area contributed by atoms with Gasteiger partial charge in [-0.1, -0.05) is 25.1 Å². The van der Waals surface area contributed by atoms with E-state index < -0.39 is 0 Å². The topological polar surface area (TPSA) is 57.5 Å². The molecule has 6 heteroatoms. The summed E-state index contributed by atoms with van der Waals surface area (Å²) in [6.45, 7) is 3.05. The largest absolute Gasteiger partial charge is 0.497 e. The number of nitrogens with zero attached hydrogens (tertiary/aromatic N) is 2. The molecule has 29 heavy (non-hydrogen) atoms. The highest BCUT2D eigenvalue weighted by molar-refractivity contribution is 5.49. The predicted molar refractivity (Wildman–Crippen MR) is 113 cm³/mol. The summed E-state index contributed by atoms with van der Waals surface area (Å²) in [5, 5.41) is 8.43. The fraction of sp³-hybridized carbons (Fsp3) is 0.348. The third-order valence-corrected chi connectivity index (χ3v) is 5.28. The summed E-state index contributed by atoms with van der Waals surface area (Å²) in [7, 11) is 3.27. The van der Waals surface area contributed by atoms with Crippen LogP contribution < -0.4 is 14.8 Å². The number of anilines is 1. The Kier molecular flexibility index (Phi) is 5.71. The maximum atomic E-state index is 5.72. The van der Waals surface area contributed by atoms with Gasteiger partial charge in [-0.25, -0.2) is 4.68 Å². The van der Waals surface area contributed by atoms with Gasteiger partial charge in [0.25, 0.3) is 0 Å². The van der Waals surface area contributed by atoms with E-state index >= 15 is 0 Å². The number of nitrogens with one attached hydrogen (secondary N) is 1. The molecule has 0 spiro atoms.